The molecule has 2 aromatic rings. The van der Waals surface area contributed by atoms with Crippen molar-refractivity contribution in [3.05, 3.63) is 60.2 Å². The molecule has 0 radical (unpaired) electrons. The number of ether oxygens (including phenoxy) is 3. The number of hydrogen-bond acceptors (Lipinski definition) is 5. The number of esters is 1. The predicted molar refractivity (Wildman–Crippen MR) is 112 cm³/mol. The fourth-order valence-corrected chi connectivity index (χ4v) is 2.91. The number of anilines is 1. The highest BCUT2D eigenvalue weighted by Gasteiger charge is 2.27. The number of carbonyl (C=O) groups is 2. The Kier molecular flexibility index (Phi) is 7.65. The predicted octanol–water partition coefficient (Wildman–Crippen LogP) is 4.78. The minimum Gasteiger partial charge on any atom is -0.497 e. The molecule has 0 aliphatic carbocycles. The Balaban J connectivity index is 2.27. The van der Waals surface area contributed by atoms with Gasteiger partial charge in [0.25, 0.3) is 0 Å². The molecule has 6 nitrogen and oxygen atoms in total. The summed E-state index contributed by atoms with van der Waals surface area (Å²) in [7, 11) is 2.95. The van der Waals surface area contributed by atoms with E-state index in [1.54, 1.807) is 31.4 Å². The summed E-state index contributed by atoms with van der Waals surface area (Å²) in [5, 5.41) is 0. The third kappa shape index (κ3) is 6.52. The summed E-state index contributed by atoms with van der Waals surface area (Å²) in [4.78, 5) is 26.8. The SMILES string of the molecule is COC(=O)[C@H](CCN(C(=O)OC(C)(C)C)c1ccc(OC)cc1)c1ccccc1. The van der Waals surface area contributed by atoms with E-state index in [0.29, 0.717) is 17.9 Å². The van der Waals surface area contributed by atoms with Gasteiger partial charge in [-0.1, -0.05) is 30.3 Å². The Bertz CT molecular complexity index is 796. The minimum atomic E-state index is -0.636. The van der Waals surface area contributed by atoms with Crippen LogP contribution in [0.1, 0.15) is 38.7 Å². The normalized spacial score (nSPS) is 12.0. The third-order valence-electron chi connectivity index (χ3n) is 4.33. The van der Waals surface area contributed by atoms with Crippen molar-refractivity contribution in [2.45, 2.75) is 38.7 Å². The van der Waals surface area contributed by atoms with Gasteiger partial charge in [0.2, 0.25) is 0 Å². The molecule has 6 heteroatoms. The standard InChI is InChI=1S/C23H29NO5/c1-23(2,3)29-22(26)24(18-11-13-19(27-4)14-12-18)16-15-20(21(25)28-5)17-9-7-6-8-10-17/h6-14,20H,15-16H2,1-5H3/t20-/m1/s1. The van der Waals surface area contributed by atoms with E-state index in [9.17, 15) is 9.59 Å². The molecule has 1 atom stereocenters. The number of hydrogen-bond donors (Lipinski definition) is 0. The summed E-state index contributed by atoms with van der Waals surface area (Å²) >= 11 is 0. The summed E-state index contributed by atoms with van der Waals surface area (Å²) in [5.74, 6) is -0.130. The highest BCUT2D eigenvalue weighted by atomic mass is 16.6. The van der Waals surface area contributed by atoms with Crippen LogP contribution in [0.15, 0.2) is 54.6 Å². The fourth-order valence-electron chi connectivity index (χ4n) is 2.91. The molecule has 0 aliphatic rings. The fraction of sp³-hybridized carbons (Fsp3) is 0.391. The van der Waals surface area contributed by atoms with Crippen molar-refractivity contribution in [1.29, 1.82) is 0 Å². The van der Waals surface area contributed by atoms with Crippen molar-refractivity contribution in [2.75, 3.05) is 25.7 Å². The van der Waals surface area contributed by atoms with Crippen LogP contribution < -0.4 is 9.64 Å². The third-order valence-corrected chi connectivity index (χ3v) is 4.33. The highest BCUT2D eigenvalue weighted by Crippen LogP contribution is 2.26. The van der Waals surface area contributed by atoms with Gasteiger partial charge in [-0.05, 0) is 57.0 Å². The molecule has 0 saturated carbocycles. The van der Waals surface area contributed by atoms with Crippen LogP contribution in [0.2, 0.25) is 0 Å². The van der Waals surface area contributed by atoms with Gasteiger partial charge < -0.3 is 14.2 Å². The zero-order chi connectivity index (χ0) is 21.4. The molecular formula is C23H29NO5. The molecule has 156 valence electrons. The summed E-state index contributed by atoms with van der Waals surface area (Å²) in [6, 6.07) is 16.5. The lowest BCUT2D eigenvalue weighted by atomic mass is 9.95. The Morgan fingerprint density at radius 2 is 1.59 bits per heavy atom. The van der Waals surface area contributed by atoms with Crippen molar-refractivity contribution in [1.82, 2.24) is 0 Å². The molecule has 0 aromatic heterocycles. The molecule has 2 rings (SSSR count). The highest BCUT2D eigenvalue weighted by molar-refractivity contribution is 5.88. The summed E-state index contributed by atoms with van der Waals surface area (Å²) in [5.41, 5.74) is 0.873. The van der Waals surface area contributed by atoms with Crippen LogP contribution in [0.3, 0.4) is 0 Å². The Morgan fingerprint density at radius 3 is 2.10 bits per heavy atom. The first-order chi connectivity index (χ1) is 13.7. The lowest BCUT2D eigenvalue weighted by Crippen LogP contribution is -2.38. The zero-order valence-corrected chi connectivity index (χ0v) is 17.7. The number of amides is 1. The van der Waals surface area contributed by atoms with Crippen LogP contribution in [0.5, 0.6) is 5.75 Å². The first kappa shape index (κ1) is 22.3. The second-order valence-corrected chi connectivity index (χ2v) is 7.61. The smallest absolute Gasteiger partial charge is 0.414 e. The maximum absolute atomic E-state index is 12.9. The zero-order valence-electron chi connectivity index (χ0n) is 17.7. The molecule has 0 unspecified atom stereocenters. The first-order valence-electron chi connectivity index (χ1n) is 9.52. The maximum Gasteiger partial charge on any atom is 0.414 e. The van der Waals surface area contributed by atoms with E-state index in [4.69, 9.17) is 14.2 Å². The second kappa shape index (κ2) is 9.96. The average Bonchev–Trinajstić information content (AvgIpc) is 2.70. The van der Waals surface area contributed by atoms with Crippen molar-refractivity contribution in [3.8, 4) is 5.75 Å². The van der Waals surface area contributed by atoms with Gasteiger partial charge in [0.1, 0.15) is 11.4 Å². The maximum atomic E-state index is 12.9. The van der Waals surface area contributed by atoms with Crippen LogP contribution in [0.25, 0.3) is 0 Å². The molecule has 0 N–H and O–H groups in total. The molecule has 2 aromatic carbocycles. The topological polar surface area (TPSA) is 65.1 Å². The van der Waals surface area contributed by atoms with Gasteiger partial charge in [-0.15, -0.1) is 0 Å². The van der Waals surface area contributed by atoms with Crippen LogP contribution >= 0.6 is 0 Å². The van der Waals surface area contributed by atoms with E-state index >= 15 is 0 Å². The van der Waals surface area contributed by atoms with Gasteiger partial charge in [0.15, 0.2) is 0 Å². The molecular weight excluding hydrogens is 370 g/mol. The van der Waals surface area contributed by atoms with E-state index in [1.165, 1.54) is 12.0 Å². The van der Waals surface area contributed by atoms with E-state index in [-0.39, 0.29) is 12.5 Å². The molecule has 0 heterocycles. The Hall–Kier alpha value is -3.02. The molecule has 1 amide bonds. The van der Waals surface area contributed by atoms with Crippen molar-refractivity contribution in [3.63, 3.8) is 0 Å². The summed E-state index contributed by atoms with van der Waals surface area (Å²) < 4.78 is 15.8. The number of rotatable bonds is 7. The van der Waals surface area contributed by atoms with Gasteiger partial charge in [-0.25, -0.2) is 4.79 Å². The van der Waals surface area contributed by atoms with Gasteiger partial charge in [-0.3, -0.25) is 9.69 Å². The van der Waals surface area contributed by atoms with E-state index < -0.39 is 17.6 Å². The van der Waals surface area contributed by atoms with E-state index in [2.05, 4.69) is 0 Å². The van der Waals surface area contributed by atoms with Gasteiger partial charge in [0.05, 0.1) is 20.1 Å². The largest absolute Gasteiger partial charge is 0.497 e. The second-order valence-electron chi connectivity index (χ2n) is 7.61. The molecule has 0 aliphatic heterocycles. The molecule has 29 heavy (non-hydrogen) atoms. The minimum absolute atomic E-state index is 0.288. The van der Waals surface area contributed by atoms with Crippen LogP contribution in [0, 0.1) is 0 Å². The van der Waals surface area contributed by atoms with Gasteiger partial charge in [0, 0.05) is 12.2 Å². The van der Waals surface area contributed by atoms with Crippen LogP contribution in [-0.2, 0) is 14.3 Å². The lowest BCUT2D eigenvalue weighted by molar-refractivity contribution is -0.142. The van der Waals surface area contributed by atoms with E-state index in [0.717, 1.165) is 5.56 Å². The van der Waals surface area contributed by atoms with E-state index in [1.807, 2.05) is 51.1 Å². The van der Waals surface area contributed by atoms with Crippen LogP contribution in [-0.4, -0.2) is 38.4 Å². The Labute approximate surface area is 172 Å². The monoisotopic (exact) mass is 399 g/mol. The van der Waals surface area contributed by atoms with Crippen molar-refractivity contribution in [2.24, 2.45) is 0 Å². The molecule has 0 fully saturated rings. The number of carbonyl (C=O) groups excluding carboxylic acids is 2. The summed E-state index contributed by atoms with van der Waals surface area (Å²) in [6.07, 6.45) is -0.0820. The lowest BCUT2D eigenvalue weighted by Gasteiger charge is -2.28. The first-order valence-corrected chi connectivity index (χ1v) is 9.52. The quantitative estimate of drug-likeness (QED) is 0.627. The number of benzene rings is 2. The summed E-state index contributed by atoms with van der Waals surface area (Å²) in [6.45, 7) is 5.74. The Morgan fingerprint density at radius 1 is 0.966 bits per heavy atom. The van der Waals surface area contributed by atoms with Gasteiger partial charge >= 0.3 is 12.1 Å². The van der Waals surface area contributed by atoms with Crippen molar-refractivity contribution < 1.29 is 23.8 Å². The average molecular weight is 399 g/mol. The van der Waals surface area contributed by atoms with Crippen molar-refractivity contribution >= 4 is 17.7 Å². The molecule has 0 spiro atoms. The van der Waals surface area contributed by atoms with Gasteiger partial charge in [-0.2, -0.15) is 0 Å². The number of methoxy groups -OCH3 is 2. The van der Waals surface area contributed by atoms with Crippen LogP contribution in [0.4, 0.5) is 10.5 Å². The molecule has 0 bridgehead atoms. The molecule has 0 saturated heterocycles. The number of nitrogens with zero attached hydrogens (tertiary/aromatic N) is 1.